The van der Waals surface area contributed by atoms with Crippen molar-refractivity contribution < 1.29 is 9.59 Å². The van der Waals surface area contributed by atoms with Gasteiger partial charge in [-0.1, -0.05) is 110 Å². The van der Waals surface area contributed by atoms with E-state index < -0.39 is 0 Å². The zero-order valence-electron chi connectivity index (χ0n) is 34.3. The molecule has 57 heavy (non-hydrogen) atoms. The molecule has 2 saturated heterocycles. The smallest absolute Gasteiger partial charge is 0.167 e. The van der Waals surface area contributed by atoms with Crippen LogP contribution in [0.3, 0.4) is 0 Å². The van der Waals surface area contributed by atoms with Gasteiger partial charge in [-0.05, 0) is 123 Å². The second kappa shape index (κ2) is 22.1. The highest BCUT2D eigenvalue weighted by molar-refractivity contribution is 5.98. The van der Waals surface area contributed by atoms with Gasteiger partial charge in [-0.2, -0.15) is 0 Å². The van der Waals surface area contributed by atoms with Gasteiger partial charge in [-0.3, -0.25) is 9.59 Å². The highest BCUT2D eigenvalue weighted by atomic mass is 35.5. The zero-order valence-corrected chi connectivity index (χ0v) is 35.2. The molecule has 0 aromatic heterocycles. The van der Waals surface area contributed by atoms with Crippen molar-refractivity contribution in [2.75, 3.05) is 50.7 Å². The molecule has 4 aromatic carbocycles. The maximum atomic E-state index is 12.5. The van der Waals surface area contributed by atoms with E-state index in [-0.39, 0.29) is 24.0 Å². The summed E-state index contributed by atoms with van der Waals surface area (Å²) < 4.78 is 0. The van der Waals surface area contributed by atoms with Crippen molar-refractivity contribution in [3.8, 4) is 0 Å². The first-order valence-corrected chi connectivity index (χ1v) is 21.4. The monoisotopic (exact) mass is 788 g/mol. The summed E-state index contributed by atoms with van der Waals surface area (Å²) in [4.78, 5) is 30.3. The molecule has 0 spiro atoms. The Morgan fingerprint density at radius 1 is 0.579 bits per heavy atom. The third-order valence-electron chi connectivity index (χ3n) is 11.8. The van der Waals surface area contributed by atoms with Crippen LogP contribution >= 0.6 is 12.4 Å². The maximum absolute atomic E-state index is 12.5. The van der Waals surface area contributed by atoms with Gasteiger partial charge in [-0.15, -0.1) is 12.4 Å². The topological polar surface area (TPSA) is 92.7 Å². The van der Waals surface area contributed by atoms with Gasteiger partial charge in [0.15, 0.2) is 11.6 Å². The number of rotatable bonds is 13. The number of nitrogens with two attached hydrogens (primary N) is 2. The van der Waals surface area contributed by atoms with Crippen LogP contribution in [0.1, 0.15) is 108 Å². The number of carbonyl (C=O) groups excluding carboxylic acids is 2. The van der Waals surface area contributed by atoms with E-state index >= 15 is 0 Å². The van der Waals surface area contributed by atoms with E-state index in [2.05, 4.69) is 40.1 Å². The average molecular weight is 790 g/mol. The first kappa shape index (κ1) is 43.9. The Morgan fingerprint density at radius 3 is 1.47 bits per heavy atom. The second-order valence-corrected chi connectivity index (χ2v) is 16.4. The van der Waals surface area contributed by atoms with Crippen molar-refractivity contribution in [2.45, 2.75) is 84.5 Å². The number of hydrogen-bond donors (Lipinski definition) is 2. The molecule has 4 aliphatic rings. The SMILES string of the molecule is CC.Cl.Nc1ccccc1CC(=O)c1ccc(C=C2CCN(CC3CC3)CC2)cc1.Nc1ccccc1CC(=O)c1ccc(CC2CCN(CC3CC3)CC2)cc1. The van der Waals surface area contributed by atoms with Crippen LogP contribution in [0.5, 0.6) is 0 Å². The molecule has 0 radical (unpaired) electrons. The number of Topliss-reactive ketones (excluding diaryl/α,β-unsaturated/α-hetero) is 2. The van der Waals surface area contributed by atoms with Crippen LogP contribution in [0.4, 0.5) is 11.4 Å². The number of para-hydroxylation sites is 2. The van der Waals surface area contributed by atoms with Crippen LogP contribution in [0, 0.1) is 17.8 Å². The Bertz CT molecular complexity index is 1880. The Hall–Kier alpha value is -4.23. The number of piperidine rings is 2. The number of nitrogens with zero attached hydrogens (tertiary/aromatic N) is 2. The minimum Gasteiger partial charge on any atom is -0.398 e. The molecule has 0 amide bonds. The van der Waals surface area contributed by atoms with Gasteiger partial charge < -0.3 is 21.3 Å². The molecule has 2 aliphatic heterocycles. The lowest BCUT2D eigenvalue weighted by Gasteiger charge is -2.32. The minimum atomic E-state index is 0. The molecule has 4 aromatic rings. The lowest BCUT2D eigenvalue weighted by atomic mass is 9.89. The molecule has 2 heterocycles. The molecular weight excluding hydrogens is 724 g/mol. The fourth-order valence-corrected chi connectivity index (χ4v) is 7.97. The van der Waals surface area contributed by atoms with Crippen molar-refractivity contribution >= 4 is 41.4 Å². The van der Waals surface area contributed by atoms with Crippen molar-refractivity contribution in [3.63, 3.8) is 0 Å². The summed E-state index contributed by atoms with van der Waals surface area (Å²) in [7, 11) is 0. The number of hydrogen-bond acceptors (Lipinski definition) is 6. The number of halogens is 1. The van der Waals surface area contributed by atoms with E-state index in [1.807, 2.05) is 86.6 Å². The van der Waals surface area contributed by atoms with E-state index in [1.54, 1.807) is 0 Å². The van der Waals surface area contributed by atoms with E-state index in [0.29, 0.717) is 24.2 Å². The van der Waals surface area contributed by atoms with Gasteiger partial charge in [0, 0.05) is 61.5 Å². The van der Waals surface area contributed by atoms with Crippen LogP contribution < -0.4 is 11.5 Å². The predicted molar refractivity (Wildman–Crippen MR) is 241 cm³/mol. The van der Waals surface area contributed by atoms with Crippen LogP contribution in [-0.4, -0.2) is 60.6 Å². The Balaban J connectivity index is 0.000000205. The minimum absolute atomic E-state index is 0. The van der Waals surface area contributed by atoms with Crippen LogP contribution in [0.25, 0.3) is 6.08 Å². The number of likely N-dealkylation sites (tertiary alicyclic amines) is 2. The Kier molecular flexibility index (Phi) is 17.0. The molecule has 2 saturated carbocycles. The third-order valence-corrected chi connectivity index (χ3v) is 11.8. The molecule has 0 atom stereocenters. The van der Waals surface area contributed by atoms with Crippen molar-refractivity contribution in [3.05, 3.63) is 136 Å². The van der Waals surface area contributed by atoms with Gasteiger partial charge in [-0.25, -0.2) is 0 Å². The summed E-state index contributed by atoms with van der Waals surface area (Å²) in [5.74, 6) is 3.00. The highest BCUT2D eigenvalue weighted by Crippen LogP contribution is 2.32. The van der Waals surface area contributed by atoms with Crippen LogP contribution in [0.15, 0.2) is 103 Å². The number of carbonyl (C=O) groups is 2. The summed E-state index contributed by atoms with van der Waals surface area (Å²) in [6, 6.07) is 31.4. The number of nitrogen functional groups attached to an aromatic ring is 2. The Labute approximate surface area is 348 Å². The normalized spacial score (nSPS) is 17.3. The first-order valence-electron chi connectivity index (χ1n) is 21.4. The molecule has 4 N–H and O–H groups in total. The molecule has 4 fully saturated rings. The number of benzene rings is 4. The first-order chi connectivity index (χ1) is 27.3. The van der Waals surface area contributed by atoms with Gasteiger partial charge in [0.25, 0.3) is 0 Å². The second-order valence-electron chi connectivity index (χ2n) is 16.4. The molecule has 7 heteroatoms. The predicted octanol–water partition coefficient (Wildman–Crippen LogP) is 10.4. The fraction of sp³-hybridized carbons (Fsp3) is 0.440. The van der Waals surface area contributed by atoms with Crippen LogP contribution in [0.2, 0.25) is 0 Å². The van der Waals surface area contributed by atoms with E-state index in [0.717, 1.165) is 46.4 Å². The Morgan fingerprint density at radius 2 is 1.02 bits per heavy atom. The lowest BCUT2D eigenvalue weighted by molar-refractivity contribution is 0.0985. The standard InChI is InChI=1S/C24H30N2O.C24H28N2O.C2H6.ClH/c2*25-23-4-2-1-3-22(23)16-24(27)21-9-7-18(8-10-21)15-19-11-13-26(14-12-19)17-20-5-6-20;1-2;/h1-4,7-10,19-20H,5-6,11-17,25H2;1-4,7-10,15,20H,5-6,11-14,16-17,25H2;1-2H3;1H. The largest absolute Gasteiger partial charge is 0.398 e. The van der Waals surface area contributed by atoms with Gasteiger partial charge in [0.2, 0.25) is 0 Å². The number of ketones is 2. The molecule has 0 bridgehead atoms. The highest BCUT2D eigenvalue weighted by Gasteiger charge is 2.27. The summed E-state index contributed by atoms with van der Waals surface area (Å²) in [6.45, 7) is 11.5. The van der Waals surface area contributed by atoms with Crippen molar-refractivity contribution in [1.29, 1.82) is 0 Å². The fourth-order valence-electron chi connectivity index (χ4n) is 7.97. The lowest BCUT2D eigenvalue weighted by Crippen LogP contribution is -2.35. The molecule has 304 valence electrons. The molecule has 0 unspecified atom stereocenters. The zero-order chi connectivity index (χ0) is 39.3. The van der Waals surface area contributed by atoms with E-state index in [1.165, 1.54) is 107 Å². The molecule has 6 nitrogen and oxygen atoms in total. The van der Waals surface area contributed by atoms with Crippen LogP contribution in [-0.2, 0) is 19.3 Å². The summed E-state index contributed by atoms with van der Waals surface area (Å²) in [6.07, 6.45) is 14.9. The molecular formula is C50H65ClN4O2. The summed E-state index contributed by atoms with van der Waals surface area (Å²) in [5, 5.41) is 0. The number of anilines is 2. The summed E-state index contributed by atoms with van der Waals surface area (Å²) in [5.41, 5.74) is 20.7. The third kappa shape index (κ3) is 14.0. The van der Waals surface area contributed by atoms with Gasteiger partial charge >= 0.3 is 0 Å². The molecule has 2 aliphatic carbocycles. The quantitative estimate of drug-likeness (QED) is 0.104. The van der Waals surface area contributed by atoms with Gasteiger partial charge in [0.05, 0.1) is 0 Å². The van der Waals surface area contributed by atoms with Gasteiger partial charge in [0.1, 0.15) is 0 Å². The van der Waals surface area contributed by atoms with Crippen molar-refractivity contribution in [2.24, 2.45) is 17.8 Å². The summed E-state index contributed by atoms with van der Waals surface area (Å²) >= 11 is 0. The van der Waals surface area contributed by atoms with Crippen molar-refractivity contribution in [1.82, 2.24) is 9.80 Å². The van der Waals surface area contributed by atoms with E-state index in [9.17, 15) is 9.59 Å². The molecule has 8 rings (SSSR count). The average Bonchev–Trinajstić information content (AvgIpc) is 4.18. The maximum Gasteiger partial charge on any atom is 0.167 e. The van der Waals surface area contributed by atoms with E-state index in [4.69, 9.17) is 11.5 Å².